The van der Waals surface area contributed by atoms with Crippen LogP contribution in [0.1, 0.15) is 21.6 Å². The lowest BCUT2D eigenvalue weighted by Gasteiger charge is -2.18. The largest absolute Gasteiger partial charge is 0.352 e. The highest BCUT2D eigenvalue weighted by molar-refractivity contribution is 6.30. The average molecular weight is 479 g/mol. The van der Waals surface area contributed by atoms with E-state index in [1.807, 2.05) is 30.3 Å². The summed E-state index contributed by atoms with van der Waals surface area (Å²) in [7, 11) is 1.54. The zero-order valence-corrected chi connectivity index (χ0v) is 18.9. The van der Waals surface area contributed by atoms with Gasteiger partial charge in [0, 0.05) is 24.2 Å². The molecule has 0 radical (unpaired) electrons. The van der Waals surface area contributed by atoms with Crippen LogP contribution in [0, 0.1) is 5.82 Å². The summed E-state index contributed by atoms with van der Waals surface area (Å²) in [6.07, 6.45) is 0. The first-order valence-corrected chi connectivity index (χ1v) is 10.8. The second-order valence-electron chi connectivity index (χ2n) is 7.65. The Hall–Kier alpha value is -4.04. The molecule has 3 aromatic carbocycles. The lowest BCUT2D eigenvalue weighted by atomic mass is 10.2. The van der Waals surface area contributed by atoms with Crippen molar-refractivity contribution in [2.24, 2.45) is 0 Å². The van der Waals surface area contributed by atoms with Gasteiger partial charge in [0.15, 0.2) is 0 Å². The van der Waals surface area contributed by atoms with Crippen LogP contribution in [0.5, 0.6) is 0 Å². The smallest absolute Gasteiger partial charge is 0.336 e. The second-order valence-corrected chi connectivity index (χ2v) is 8.09. The molecule has 0 atom stereocenters. The monoisotopic (exact) mass is 478 g/mol. The maximum atomic E-state index is 14.3. The zero-order valence-electron chi connectivity index (χ0n) is 18.2. The van der Waals surface area contributed by atoms with E-state index in [-0.39, 0.29) is 18.7 Å². The van der Waals surface area contributed by atoms with Crippen molar-refractivity contribution in [2.45, 2.75) is 13.1 Å². The Bertz CT molecular complexity index is 1450. The summed E-state index contributed by atoms with van der Waals surface area (Å²) in [6.45, 7) is -0.128. The van der Waals surface area contributed by atoms with Crippen molar-refractivity contribution < 1.29 is 9.18 Å². The lowest BCUT2D eigenvalue weighted by molar-refractivity contribution is 0.0773. The Morgan fingerprint density at radius 1 is 0.971 bits per heavy atom. The minimum Gasteiger partial charge on any atom is -0.336 e. The zero-order chi connectivity index (χ0) is 24.2. The van der Waals surface area contributed by atoms with E-state index < -0.39 is 28.7 Å². The Balaban J connectivity index is 1.83. The number of hydrogen-bond acceptors (Lipinski definition) is 4. The molecule has 9 heteroatoms. The summed E-state index contributed by atoms with van der Waals surface area (Å²) in [4.78, 5) is 41.0. The van der Waals surface area contributed by atoms with E-state index in [1.54, 1.807) is 18.2 Å². The number of amides is 1. The summed E-state index contributed by atoms with van der Waals surface area (Å²) in [5.74, 6) is -1.24. The number of nitrogens with zero attached hydrogens (tertiary/aromatic N) is 4. The van der Waals surface area contributed by atoms with E-state index in [0.717, 1.165) is 14.8 Å². The third-order valence-electron chi connectivity index (χ3n) is 5.23. The molecule has 0 unspecified atom stereocenters. The Labute approximate surface area is 199 Å². The number of hydrogen-bond donors (Lipinski definition) is 0. The molecular formula is C25H20ClFN4O3. The van der Waals surface area contributed by atoms with Crippen molar-refractivity contribution in [3.63, 3.8) is 0 Å². The normalized spacial score (nSPS) is 10.8. The van der Waals surface area contributed by atoms with Gasteiger partial charge >= 0.3 is 5.69 Å². The van der Waals surface area contributed by atoms with Gasteiger partial charge in [0.1, 0.15) is 5.82 Å². The summed E-state index contributed by atoms with van der Waals surface area (Å²) >= 11 is 5.96. The number of rotatable bonds is 6. The molecule has 0 fully saturated rings. The van der Waals surface area contributed by atoms with Crippen molar-refractivity contribution in [3.05, 3.63) is 127 Å². The van der Waals surface area contributed by atoms with Gasteiger partial charge in [-0.1, -0.05) is 60.1 Å². The molecule has 0 aliphatic heterocycles. The van der Waals surface area contributed by atoms with Crippen LogP contribution >= 0.6 is 11.6 Å². The maximum Gasteiger partial charge on any atom is 0.352 e. The SMILES string of the molecule is CN(Cc1ccccc1)C(=O)c1nn(-c2ccc(Cl)cc2)c(=O)n(Cc2ccccc2F)c1=O. The summed E-state index contributed by atoms with van der Waals surface area (Å²) < 4.78 is 16.1. The molecule has 34 heavy (non-hydrogen) atoms. The van der Waals surface area contributed by atoms with Gasteiger partial charge in [0.05, 0.1) is 12.2 Å². The van der Waals surface area contributed by atoms with Crippen molar-refractivity contribution in [1.29, 1.82) is 0 Å². The number of carbonyl (C=O) groups is 1. The van der Waals surface area contributed by atoms with Crippen LogP contribution in [-0.4, -0.2) is 32.2 Å². The van der Waals surface area contributed by atoms with Gasteiger partial charge in [-0.05, 0) is 35.9 Å². The Morgan fingerprint density at radius 2 is 1.62 bits per heavy atom. The van der Waals surface area contributed by atoms with Crippen LogP contribution in [0.4, 0.5) is 4.39 Å². The number of benzene rings is 3. The van der Waals surface area contributed by atoms with Crippen LogP contribution in [0.25, 0.3) is 5.69 Å². The molecule has 0 aliphatic carbocycles. The highest BCUT2D eigenvalue weighted by atomic mass is 35.5. The fourth-order valence-corrected chi connectivity index (χ4v) is 3.57. The minimum atomic E-state index is -0.900. The molecule has 0 aliphatic rings. The standard InChI is InChI=1S/C25H20ClFN4O3/c1-29(15-17-7-3-2-4-8-17)23(32)22-24(33)30(16-18-9-5-6-10-21(18)27)25(34)31(28-22)20-13-11-19(26)12-14-20/h2-14H,15-16H2,1H3. The van der Waals surface area contributed by atoms with Crippen LogP contribution < -0.4 is 11.2 Å². The molecule has 4 aromatic rings. The fraction of sp³-hybridized carbons (Fsp3) is 0.120. The predicted octanol–water partition coefficient (Wildman–Crippen LogP) is 3.51. The molecule has 4 rings (SSSR count). The van der Waals surface area contributed by atoms with Gasteiger partial charge in [0.25, 0.3) is 11.5 Å². The molecule has 172 valence electrons. The first-order chi connectivity index (χ1) is 16.3. The van der Waals surface area contributed by atoms with E-state index in [0.29, 0.717) is 10.7 Å². The second kappa shape index (κ2) is 9.84. The topological polar surface area (TPSA) is 77.2 Å². The van der Waals surface area contributed by atoms with Gasteiger partial charge in [-0.3, -0.25) is 14.2 Å². The van der Waals surface area contributed by atoms with E-state index in [2.05, 4.69) is 5.10 Å². The first-order valence-electron chi connectivity index (χ1n) is 10.4. The molecule has 0 spiro atoms. The van der Waals surface area contributed by atoms with E-state index >= 15 is 0 Å². The molecule has 0 saturated heterocycles. The summed E-state index contributed by atoms with van der Waals surface area (Å²) in [5.41, 5.74) is -0.871. The van der Waals surface area contributed by atoms with Crippen molar-refractivity contribution >= 4 is 17.5 Å². The van der Waals surface area contributed by atoms with Crippen LogP contribution in [0.15, 0.2) is 88.5 Å². The maximum absolute atomic E-state index is 14.3. The summed E-state index contributed by atoms with van der Waals surface area (Å²) in [6, 6.07) is 21.2. The predicted molar refractivity (Wildman–Crippen MR) is 127 cm³/mol. The van der Waals surface area contributed by atoms with Gasteiger partial charge in [-0.25, -0.2) is 9.18 Å². The molecule has 0 bridgehead atoms. The quantitative estimate of drug-likeness (QED) is 0.425. The van der Waals surface area contributed by atoms with Gasteiger partial charge in [0.2, 0.25) is 5.69 Å². The minimum absolute atomic E-state index is 0.131. The van der Waals surface area contributed by atoms with Crippen LogP contribution in [0.3, 0.4) is 0 Å². The van der Waals surface area contributed by atoms with Gasteiger partial charge < -0.3 is 4.90 Å². The molecule has 7 nitrogen and oxygen atoms in total. The Morgan fingerprint density at radius 3 is 2.29 bits per heavy atom. The van der Waals surface area contributed by atoms with Gasteiger partial charge in [-0.2, -0.15) is 9.78 Å². The lowest BCUT2D eigenvalue weighted by Crippen LogP contribution is -2.46. The highest BCUT2D eigenvalue weighted by Crippen LogP contribution is 2.12. The van der Waals surface area contributed by atoms with Crippen molar-refractivity contribution in [3.8, 4) is 5.69 Å². The first kappa shape index (κ1) is 23.1. The molecule has 1 aromatic heterocycles. The third-order valence-corrected chi connectivity index (χ3v) is 5.48. The molecular weight excluding hydrogens is 459 g/mol. The van der Waals surface area contributed by atoms with E-state index in [9.17, 15) is 18.8 Å². The van der Waals surface area contributed by atoms with Gasteiger partial charge in [-0.15, -0.1) is 0 Å². The highest BCUT2D eigenvalue weighted by Gasteiger charge is 2.23. The molecule has 0 N–H and O–H groups in total. The van der Waals surface area contributed by atoms with Crippen LogP contribution in [-0.2, 0) is 13.1 Å². The van der Waals surface area contributed by atoms with Crippen molar-refractivity contribution in [1.82, 2.24) is 19.2 Å². The van der Waals surface area contributed by atoms with Crippen LogP contribution in [0.2, 0.25) is 5.02 Å². The number of aromatic nitrogens is 3. The average Bonchev–Trinajstić information content (AvgIpc) is 2.84. The van der Waals surface area contributed by atoms with Crippen molar-refractivity contribution in [2.75, 3.05) is 7.05 Å². The third kappa shape index (κ3) is 4.82. The number of carbonyl (C=O) groups excluding carboxylic acids is 1. The number of halogens is 2. The molecule has 0 saturated carbocycles. The summed E-state index contributed by atoms with van der Waals surface area (Å²) in [5, 5.41) is 4.54. The molecule has 1 heterocycles. The fourth-order valence-electron chi connectivity index (χ4n) is 3.45. The molecule has 1 amide bonds. The Kier molecular flexibility index (Phi) is 6.70. The van der Waals surface area contributed by atoms with E-state index in [1.165, 1.54) is 42.3 Å². The van der Waals surface area contributed by atoms with E-state index in [4.69, 9.17) is 11.6 Å².